The Balaban J connectivity index is 1.83. The molecule has 1 aromatic carbocycles. The summed E-state index contributed by atoms with van der Waals surface area (Å²) in [5.74, 6) is 0. The van der Waals surface area contributed by atoms with Crippen molar-refractivity contribution in [1.82, 2.24) is 9.38 Å². The minimum atomic E-state index is -0.582. The van der Waals surface area contributed by atoms with Crippen LogP contribution in [0.25, 0.3) is 5.65 Å². The van der Waals surface area contributed by atoms with E-state index in [1.54, 1.807) is 0 Å². The number of aromatic nitrogens is 2. The Morgan fingerprint density at radius 2 is 1.95 bits per heavy atom. The van der Waals surface area contributed by atoms with Crippen LogP contribution in [-0.4, -0.2) is 14.5 Å². The monoisotopic (exact) mass is 316 g/mol. The van der Waals surface area contributed by atoms with E-state index in [1.165, 1.54) is 0 Å². The molecule has 0 fully saturated rings. The zero-order valence-corrected chi connectivity index (χ0v) is 11.8. The number of hydrogen-bond acceptors (Lipinski definition) is 2. The van der Waals surface area contributed by atoms with Gasteiger partial charge >= 0.3 is 0 Å². The van der Waals surface area contributed by atoms with E-state index in [0.29, 0.717) is 12.1 Å². The standard InChI is InChI=1S/C15H13BrN2O/c16-12-6-4-11(5-7-12)9-14(19)13-10-18-8-2-1-3-15(18)17-13/h1-8,10,14,19H,9H2. The van der Waals surface area contributed by atoms with Crippen LogP contribution in [0.4, 0.5) is 0 Å². The summed E-state index contributed by atoms with van der Waals surface area (Å²) in [6.07, 6.45) is 3.79. The number of rotatable bonds is 3. The van der Waals surface area contributed by atoms with Crippen LogP contribution in [0, 0.1) is 0 Å². The first-order valence-corrected chi connectivity index (χ1v) is 6.88. The van der Waals surface area contributed by atoms with Gasteiger partial charge in [-0.15, -0.1) is 0 Å². The molecule has 19 heavy (non-hydrogen) atoms. The average molecular weight is 317 g/mol. The Hall–Kier alpha value is -1.65. The lowest BCUT2D eigenvalue weighted by atomic mass is 10.1. The molecule has 1 unspecified atom stereocenters. The summed E-state index contributed by atoms with van der Waals surface area (Å²) in [5, 5.41) is 10.3. The summed E-state index contributed by atoms with van der Waals surface area (Å²) in [7, 11) is 0. The van der Waals surface area contributed by atoms with Crippen molar-refractivity contribution in [3.05, 3.63) is 70.6 Å². The molecule has 2 heterocycles. The molecule has 3 rings (SSSR count). The number of imidazole rings is 1. The van der Waals surface area contributed by atoms with Gasteiger partial charge in [0, 0.05) is 23.3 Å². The molecule has 0 amide bonds. The molecule has 0 aliphatic heterocycles. The third kappa shape index (κ3) is 2.69. The van der Waals surface area contributed by atoms with Crippen molar-refractivity contribution in [2.75, 3.05) is 0 Å². The van der Waals surface area contributed by atoms with Crippen LogP contribution in [0.2, 0.25) is 0 Å². The summed E-state index contributed by atoms with van der Waals surface area (Å²) in [5.41, 5.74) is 2.65. The molecule has 0 saturated heterocycles. The van der Waals surface area contributed by atoms with Gasteiger partial charge in [-0.3, -0.25) is 0 Å². The minimum absolute atomic E-state index is 0.567. The van der Waals surface area contributed by atoms with Gasteiger partial charge in [0.05, 0.1) is 5.69 Å². The number of pyridine rings is 1. The average Bonchev–Trinajstić information content (AvgIpc) is 2.85. The second-order valence-corrected chi connectivity index (χ2v) is 5.39. The van der Waals surface area contributed by atoms with E-state index in [2.05, 4.69) is 20.9 Å². The summed E-state index contributed by atoms with van der Waals surface area (Å²) in [4.78, 5) is 4.43. The van der Waals surface area contributed by atoms with E-state index in [-0.39, 0.29) is 0 Å². The van der Waals surface area contributed by atoms with Gasteiger partial charge in [-0.2, -0.15) is 0 Å². The van der Waals surface area contributed by atoms with Gasteiger partial charge in [0.25, 0.3) is 0 Å². The van der Waals surface area contributed by atoms with Crippen LogP contribution in [0.1, 0.15) is 17.4 Å². The maximum atomic E-state index is 10.3. The van der Waals surface area contributed by atoms with Crippen molar-refractivity contribution in [3.63, 3.8) is 0 Å². The fraction of sp³-hybridized carbons (Fsp3) is 0.133. The highest BCUT2D eigenvalue weighted by atomic mass is 79.9. The highest BCUT2D eigenvalue weighted by Gasteiger charge is 2.12. The molecular formula is C15H13BrN2O. The summed E-state index contributed by atoms with van der Waals surface area (Å²) in [6.45, 7) is 0. The van der Waals surface area contributed by atoms with E-state index in [1.807, 2.05) is 59.3 Å². The Morgan fingerprint density at radius 3 is 2.68 bits per heavy atom. The molecule has 1 N–H and O–H groups in total. The van der Waals surface area contributed by atoms with E-state index in [9.17, 15) is 5.11 Å². The smallest absolute Gasteiger partial charge is 0.137 e. The second-order valence-electron chi connectivity index (χ2n) is 4.48. The van der Waals surface area contributed by atoms with E-state index < -0.39 is 6.10 Å². The zero-order chi connectivity index (χ0) is 13.2. The zero-order valence-electron chi connectivity index (χ0n) is 10.2. The van der Waals surface area contributed by atoms with Crippen LogP contribution >= 0.6 is 15.9 Å². The number of fused-ring (bicyclic) bond motifs is 1. The van der Waals surface area contributed by atoms with Gasteiger partial charge in [0.15, 0.2) is 0 Å². The fourth-order valence-corrected chi connectivity index (χ4v) is 2.33. The SMILES string of the molecule is OC(Cc1ccc(Br)cc1)c1cn2ccccc2n1. The van der Waals surface area contributed by atoms with Gasteiger partial charge in [-0.25, -0.2) is 4.98 Å². The third-order valence-corrected chi connectivity index (χ3v) is 3.60. The molecule has 0 saturated carbocycles. The Kier molecular flexibility index (Phi) is 3.36. The van der Waals surface area contributed by atoms with Crippen LogP contribution in [0.15, 0.2) is 59.3 Å². The molecule has 0 spiro atoms. The molecule has 96 valence electrons. The topological polar surface area (TPSA) is 37.5 Å². The number of halogens is 1. The number of aliphatic hydroxyl groups is 1. The molecule has 4 heteroatoms. The molecule has 0 aliphatic carbocycles. The lowest BCUT2D eigenvalue weighted by molar-refractivity contribution is 0.174. The predicted molar refractivity (Wildman–Crippen MR) is 78.0 cm³/mol. The Labute approximate surface area is 119 Å². The fourth-order valence-electron chi connectivity index (χ4n) is 2.06. The van der Waals surface area contributed by atoms with Gasteiger partial charge in [0.2, 0.25) is 0 Å². The highest BCUT2D eigenvalue weighted by Crippen LogP contribution is 2.19. The first-order valence-electron chi connectivity index (χ1n) is 6.08. The normalized spacial score (nSPS) is 12.7. The van der Waals surface area contributed by atoms with Crippen molar-refractivity contribution in [1.29, 1.82) is 0 Å². The first-order chi connectivity index (χ1) is 9.22. The highest BCUT2D eigenvalue weighted by molar-refractivity contribution is 9.10. The van der Waals surface area contributed by atoms with E-state index >= 15 is 0 Å². The van der Waals surface area contributed by atoms with Gasteiger partial charge in [-0.1, -0.05) is 34.1 Å². The van der Waals surface area contributed by atoms with Crippen molar-refractivity contribution < 1.29 is 5.11 Å². The minimum Gasteiger partial charge on any atom is -0.386 e. The molecule has 0 bridgehead atoms. The maximum Gasteiger partial charge on any atom is 0.137 e. The number of hydrogen-bond donors (Lipinski definition) is 1. The van der Waals surface area contributed by atoms with Crippen molar-refractivity contribution in [2.24, 2.45) is 0 Å². The molecule has 0 aliphatic rings. The van der Waals surface area contributed by atoms with Crippen LogP contribution in [0.5, 0.6) is 0 Å². The number of nitrogens with zero attached hydrogens (tertiary/aromatic N) is 2. The quantitative estimate of drug-likeness (QED) is 0.804. The van der Waals surface area contributed by atoms with E-state index in [0.717, 1.165) is 15.7 Å². The largest absolute Gasteiger partial charge is 0.386 e. The molecule has 2 aromatic heterocycles. The summed E-state index contributed by atoms with van der Waals surface area (Å²) < 4.78 is 2.96. The Bertz CT molecular complexity index is 658. The van der Waals surface area contributed by atoms with Crippen molar-refractivity contribution in [2.45, 2.75) is 12.5 Å². The Morgan fingerprint density at radius 1 is 1.16 bits per heavy atom. The van der Waals surface area contributed by atoms with E-state index in [4.69, 9.17) is 0 Å². The number of aliphatic hydroxyl groups excluding tert-OH is 1. The van der Waals surface area contributed by atoms with Crippen LogP contribution in [-0.2, 0) is 6.42 Å². The van der Waals surface area contributed by atoms with Crippen molar-refractivity contribution in [3.8, 4) is 0 Å². The predicted octanol–water partition coefficient (Wildman–Crippen LogP) is 3.37. The first kappa shape index (κ1) is 12.4. The summed E-state index contributed by atoms with van der Waals surface area (Å²) >= 11 is 3.40. The lowest BCUT2D eigenvalue weighted by Gasteiger charge is -2.07. The molecule has 3 nitrogen and oxygen atoms in total. The molecule has 0 radical (unpaired) electrons. The summed E-state index contributed by atoms with van der Waals surface area (Å²) in [6, 6.07) is 13.8. The van der Waals surface area contributed by atoms with Gasteiger partial charge in [-0.05, 0) is 29.8 Å². The number of benzene rings is 1. The van der Waals surface area contributed by atoms with Crippen LogP contribution < -0.4 is 0 Å². The molecule has 3 aromatic rings. The van der Waals surface area contributed by atoms with Gasteiger partial charge in [0.1, 0.15) is 11.8 Å². The second kappa shape index (κ2) is 5.15. The van der Waals surface area contributed by atoms with Crippen LogP contribution in [0.3, 0.4) is 0 Å². The van der Waals surface area contributed by atoms with Crippen molar-refractivity contribution >= 4 is 21.6 Å². The van der Waals surface area contributed by atoms with Gasteiger partial charge < -0.3 is 9.51 Å². The lowest BCUT2D eigenvalue weighted by Crippen LogP contribution is -2.01. The third-order valence-electron chi connectivity index (χ3n) is 3.07. The molecular weight excluding hydrogens is 304 g/mol. The maximum absolute atomic E-state index is 10.3. The molecule has 1 atom stereocenters.